The molecule has 1 amide bonds. The molecule has 0 saturated carbocycles. The quantitative estimate of drug-likeness (QED) is 0.406. The molecule has 0 aromatic heterocycles. The van der Waals surface area contributed by atoms with Gasteiger partial charge in [-0.15, -0.1) is 0 Å². The van der Waals surface area contributed by atoms with Crippen LogP contribution >= 0.6 is 34.8 Å². The van der Waals surface area contributed by atoms with E-state index in [1.54, 1.807) is 0 Å². The number of hydrogen-bond donors (Lipinski definition) is 5. The molecule has 0 aromatic rings. The monoisotopic (exact) mass is 353 g/mol. The van der Waals surface area contributed by atoms with Crippen LogP contribution in [-0.4, -0.2) is 74.2 Å². The zero-order valence-corrected chi connectivity index (χ0v) is 12.2. The van der Waals surface area contributed by atoms with E-state index in [0.29, 0.717) is 0 Å². The van der Waals surface area contributed by atoms with Gasteiger partial charge >= 0.3 is 6.09 Å². The Morgan fingerprint density at radius 2 is 1.85 bits per heavy atom. The maximum absolute atomic E-state index is 11.4. The van der Waals surface area contributed by atoms with Crippen molar-refractivity contribution in [3.63, 3.8) is 0 Å². The zero-order valence-electron chi connectivity index (χ0n) is 9.95. The number of amides is 1. The normalized spacial score (nSPS) is 34.6. The van der Waals surface area contributed by atoms with Gasteiger partial charge in [-0.25, -0.2) is 4.79 Å². The molecule has 1 heterocycles. The van der Waals surface area contributed by atoms with Crippen molar-refractivity contribution in [2.24, 2.45) is 0 Å². The van der Waals surface area contributed by atoms with Gasteiger partial charge in [0.2, 0.25) is 3.79 Å². The summed E-state index contributed by atoms with van der Waals surface area (Å²) in [6, 6.07) is -1.37. The fourth-order valence-corrected chi connectivity index (χ4v) is 1.74. The second-order valence-corrected chi connectivity index (χ2v) is 6.61. The van der Waals surface area contributed by atoms with Crippen molar-refractivity contribution >= 4 is 40.9 Å². The Morgan fingerprint density at radius 1 is 1.25 bits per heavy atom. The molecule has 8 nitrogen and oxygen atoms in total. The highest BCUT2D eigenvalue weighted by atomic mass is 35.6. The van der Waals surface area contributed by atoms with Gasteiger partial charge in [-0.05, 0) is 0 Å². The van der Waals surface area contributed by atoms with E-state index in [1.165, 1.54) is 0 Å². The molecule has 1 rings (SSSR count). The summed E-state index contributed by atoms with van der Waals surface area (Å²) in [5.41, 5.74) is 0. The van der Waals surface area contributed by atoms with E-state index < -0.39 is 53.7 Å². The standard InChI is InChI=1S/C9H14Cl3NO7/c10-9(11,12)2-19-8(18)13-4-6(16)5(15)3(1-14)20-7(4)17/h3-7,14-17H,1-2H2,(H,13,18)/t3?,4-,5-,6?,7+/m0/s1. The predicted octanol–water partition coefficient (Wildman–Crippen LogP) is -1.12. The van der Waals surface area contributed by atoms with E-state index in [4.69, 9.17) is 44.6 Å². The van der Waals surface area contributed by atoms with Gasteiger partial charge in [0.25, 0.3) is 0 Å². The largest absolute Gasteiger partial charge is 0.445 e. The van der Waals surface area contributed by atoms with E-state index in [1.807, 2.05) is 0 Å². The van der Waals surface area contributed by atoms with Crippen molar-refractivity contribution in [2.45, 2.75) is 34.4 Å². The molecule has 0 aliphatic carbocycles. The van der Waals surface area contributed by atoms with Gasteiger partial charge in [-0.3, -0.25) is 0 Å². The topological polar surface area (TPSA) is 128 Å². The first-order valence-corrected chi connectivity index (χ1v) is 6.59. The number of rotatable bonds is 3. The Kier molecular flexibility index (Phi) is 6.55. The minimum absolute atomic E-state index is 0.551. The molecular formula is C9H14Cl3NO7. The van der Waals surface area contributed by atoms with Crippen LogP contribution in [0.5, 0.6) is 0 Å². The number of nitrogens with one attached hydrogen (secondary N) is 1. The lowest BCUT2D eigenvalue weighted by Crippen LogP contribution is -2.64. The van der Waals surface area contributed by atoms with Gasteiger partial charge in [0.15, 0.2) is 6.29 Å². The maximum atomic E-state index is 11.4. The molecule has 5 atom stereocenters. The third-order valence-electron chi connectivity index (χ3n) is 2.55. The van der Waals surface area contributed by atoms with Crippen LogP contribution in [0.3, 0.4) is 0 Å². The zero-order chi connectivity index (χ0) is 15.5. The van der Waals surface area contributed by atoms with Crippen LogP contribution in [0, 0.1) is 0 Å². The Morgan fingerprint density at radius 3 is 2.35 bits per heavy atom. The number of halogens is 3. The summed E-state index contributed by atoms with van der Waals surface area (Å²) >= 11 is 16.1. The first-order chi connectivity index (χ1) is 9.15. The second-order valence-electron chi connectivity index (χ2n) is 4.09. The molecule has 1 aliphatic rings. The van der Waals surface area contributed by atoms with Crippen molar-refractivity contribution in [3.8, 4) is 0 Å². The highest BCUT2D eigenvalue weighted by Crippen LogP contribution is 2.26. The van der Waals surface area contributed by atoms with Gasteiger partial charge in [-0.2, -0.15) is 0 Å². The highest BCUT2D eigenvalue weighted by molar-refractivity contribution is 6.67. The highest BCUT2D eigenvalue weighted by Gasteiger charge is 2.44. The molecule has 1 aliphatic heterocycles. The second kappa shape index (κ2) is 7.28. The summed E-state index contributed by atoms with van der Waals surface area (Å²) in [6.07, 6.45) is -6.98. The summed E-state index contributed by atoms with van der Waals surface area (Å²) in [7, 11) is 0. The first kappa shape index (κ1) is 18.0. The van der Waals surface area contributed by atoms with Crippen molar-refractivity contribution in [1.82, 2.24) is 5.32 Å². The number of alkyl carbamates (subject to hydrolysis) is 1. The summed E-state index contributed by atoms with van der Waals surface area (Å²) < 4.78 is 7.56. The molecule has 11 heteroatoms. The van der Waals surface area contributed by atoms with E-state index in [2.05, 4.69) is 10.1 Å². The average molecular weight is 355 g/mol. The van der Waals surface area contributed by atoms with Gasteiger partial charge in [-0.1, -0.05) is 34.8 Å². The number of alkyl halides is 3. The molecule has 1 saturated heterocycles. The summed E-state index contributed by atoms with van der Waals surface area (Å²) in [5.74, 6) is 0. The SMILES string of the molecule is O=C(N[C@H]1C(O)[C@@H](O)C(CO)O[C@H]1O)OCC(Cl)(Cl)Cl. The molecule has 0 spiro atoms. The number of aliphatic hydroxyl groups excluding tert-OH is 4. The van der Waals surface area contributed by atoms with Gasteiger partial charge in [0.1, 0.15) is 31.0 Å². The van der Waals surface area contributed by atoms with Crippen molar-refractivity contribution in [3.05, 3.63) is 0 Å². The summed E-state index contributed by atoms with van der Waals surface area (Å²) in [4.78, 5) is 11.4. The third kappa shape index (κ3) is 5.05. The van der Waals surface area contributed by atoms with Crippen molar-refractivity contribution < 1.29 is 34.7 Å². The van der Waals surface area contributed by atoms with Gasteiger partial charge in [0, 0.05) is 0 Å². The van der Waals surface area contributed by atoms with Crippen LogP contribution in [-0.2, 0) is 9.47 Å². The Labute approximate surface area is 129 Å². The molecule has 2 unspecified atom stereocenters. The predicted molar refractivity (Wildman–Crippen MR) is 68.5 cm³/mol. The van der Waals surface area contributed by atoms with Gasteiger partial charge in [0.05, 0.1) is 6.61 Å². The molecule has 5 N–H and O–H groups in total. The molecule has 0 bridgehead atoms. The Balaban J connectivity index is 2.56. The summed E-state index contributed by atoms with van der Waals surface area (Å²) in [6.45, 7) is -1.16. The minimum Gasteiger partial charge on any atom is -0.445 e. The fourth-order valence-electron chi connectivity index (χ4n) is 1.58. The Bertz CT molecular complexity index is 340. The number of aliphatic hydroxyl groups is 4. The van der Waals surface area contributed by atoms with Crippen LogP contribution in [0.4, 0.5) is 4.79 Å². The van der Waals surface area contributed by atoms with Gasteiger partial charge < -0.3 is 35.2 Å². The number of carbonyl (C=O) groups excluding carboxylic acids is 1. The van der Waals surface area contributed by atoms with E-state index in [9.17, 15) is 20.1 Å². The number of carbonyl (C=O) groups is 1. The molecule has 0 radical (unpaired) electrons. The smallest absolute Gasteiger partial charge is 0.407 e. The molecule has 1 fully saturated rings. The van der Waals surface area contributed by atoms with E-state index in [-0.39, 0.29) is 0 Å². The van der Waals surface area contributed by atoms with Crippen LogP contribution in [0.1, 0.15) is 0 Å². The molecule has 0 aromatic carbocycles. The first-order valence-electron chi connectivity index (χ1n) is 5.46. The minimum atomic E-state index is -1.81. The lowest BCUT2D eigenvalue weighted by molar-refractivity contribution is -0.253. The van der Waals surface area contributed by atoms with Crippen LogP contribution in [0.25, 0.3) is 0 Å². The van der Waals surface area contributed by atoms with Crippen LogP contribution in [0.2, 0.25) is 0 Å². The van der Waals surface area contributed by atoms with E-state index >= 15 is 0 Å². The maximum Gasteiger partial charge on any atom is 0.407 e. The van der Waals surface area contributed by atoms with Crippen LogP contribution < -0.4 is 5.32 Å². The molecular weight excluding hydrogens is 340 g/mol. The number of ether oxygens (including phenoxy) is 2. The van der Waals surface area contributed by atoms with E-state index in [0.717, 1.165) is 0 Å². The lowest BCUT2D eigenvalue weighted by Gasteiger charge is -2.40. The average Bonchev–Trinajstić information content (AvgIpc) is 2.35. The molecule has 20 heavy (non-hydrogen) atoms. The number of hydrogen-bond acceptors (Lipinski definition) is 7. The summed E-state index contributed by atoms with van der Waals surface area (Å²) in [5, 5.41) is 39.9. The lowest BCUT2D eigenvalue weighted by atomic mass is 9.97. The Hall–Kier alpha value is -0.0600. The fraction of sp³-hybridized carbons (Fsp3) is 0.889. The molecule has 118 valence electrons. The van der Waals surface area contributed by atoms with Crippen LogP contribution in [0.15, 0.2) is 0 Å². The van der Waals surface area contributed by atoms with Crippen molar-refractivity contribution in [2.75, 3.05) is 13.2 Å². The van der Waals surface area contributed by atoms with Crippen molar-refractivity contribution in [1.29, 1.82) is 0 Å². The third-order valence-corrected chi connectivity index (χ3v) is 2.88.